The van der Waals surface area contributed by atoms with Gasteiger partial charge in [0.2, 0.25) is 6.29 Å². The van der Waals surface area contributed by atoms with Crippen molar-refractivity contribution in [2.45, 2.75) is 33.0 Å². The van der Waals surface area contributed by atoms with Gasteiger partial charge >= 0.3 is 23.9 Å². The Morgan fingerprint density at radius 1 is 0.596 bits per heavy atom. The number of esters is 4. The molecule has 4 rings (SSSR count). The van der Waals surface area contributed by atoms with Crippen molar-refractivity contribution >= 4 is 23.9 Å². The minimum Gasteiger partial charge on any atom is -0.494 e. The smallest absolute Gasteiger partial charge is 0.343 e. The van der Waals surface area contributed by atoms with Gasteiger partial charge in [-0.05, 0) is 110 Å². The molecule has 0 aromatic heterocycles. The molecule has 0 radical (unpaired) electrons. The quantitative estimate of drug-likeness (QED) is 0.0364. The van der Waals surface area contributed by atoms with Crippen LogP contribution in [0, 0.1) is 5.92 Å². The molecule has 1 atom stereocenters. The third-order valence-corrected chi connectivity index (χ3v) is 7.12. The van der Waals surface area contributed by atoms with Gasteiger partial charge in [-0.2, -0.15) is 0 Å². The van der Waals surface area contributed by atoms with Gasteiger partial charge in [0.05, 0.1) is 30.3 Å². The number of unbranched alkanes of at least 4 members (excludes halogenated alkanes) is 1. The first-order chi connectivity index (χ1) is 25.1. The lowest BCUT2D eigenvalue weighted by atomic mass is 10.2. The number of carbonyl (C=O) groups is 4. The van der Waals surface area contributed by atoms with Crippen LogP contribution in [0.2, 0.25) is 0 Å². The Morgan fingerprint density at radius 2 is 1.06 bits per heavy atom. The molecule has 0 fully saturated rings. The van der Waals surface area contributed by atoms with E-state index in [0.717, 1.165) is 6.08 Å². The summed E-state index contributed by atoms with van der Waals surface area (Å²) in [4.78, 5) is 47.8. The van der Waals surface area contributed by atoms with Crippen molar-refractivity contribution in [2.75, 3.05) is 26.4 Å². The van der Waals surface area contributed by atoms with E-state index in [0.29, 0.717) is 54.4 Å². The van der Waals surface area contributed by atoms with Crippen LogP contribution in [0.25, 0.3) is 0 Å². The minimum atomic E-state index is -1.25. The van der Waals surface area contributed by atoms with Crippen LogP contribution in [-0.4, -0.2) is 55.4 Å². The van der Waals surface area contributed by atoms with Gasteiger partial charge in [-0.1, -0.05) is 20.4 Å². The summed E-state index contributed by atoms with van der Waals surface area (Å²) in [6.45, 7) is 7.88. The van der Waals surface area contributed by atoms with E-state index in [9.17, 15) is 24.3 Å². The highest BCUT2D eigenvalue weighted by atomic mass is 16.6. The van der Waals surface area contributed by atoms with Crippen molar-refractivity contribution in [3.8, 4) is 28.7 Å². The van der Waals surface area contributed by atoms with Crippen LogP contribution >= 0.6 is 0 Å². The second-order valence-electron chi connectivity index (χ2n) is 11.4. The average Bonchev–Trinajstić information content (AvgIpc) is 3.16. The molecular weight excluding hydrogens is 672 g/mol. The van der Waals surface area contributed by atoms with Crippen LogP contribution in [0.5, 0.6) is 28.7 Å². The van der Waals surface area contributed by atoms with Crippen LogP contribution < -0.4 is 23.7 Å². The molecule has 0 amide bonds. The molecule has 1 N–H and O–H groups in total. The Balaban J connectivity index is 1.17. The summed E-state index contributed by atoms with van der Waals surface area (Å²) in [5.41, 5.74) is 1.04. The molecule has 0 aliphatic rings. The molecular formula is C40H40O12. The number of carbonyl (C=O) groups excluding carboxylic acids is 4. The fraction of sp³-hybridized carbons (Fsp3) is 0.250. The largest absolute Gasteiger partial charge is 0.494 e. The van der Waals surface area contributed by atoms with E-state index in [1.165, 1.54) is 36.4 Å². The summed E-state index contributed by atoms with van der Waals surface area (Å²) in [6, 6.07) is 25.2. The maximum absolute atomic E-state index is 12.7. The van der Waals surface area contributed by atoms with Crippen molar-refractivity contribution in [1.29, 1.82) is 0 Å². The maximum Gasteiger partial charge on any atom is 0.343 e. The highest BCUT2D eigenvalue weighted by Crippen LogP contribution is 2.25. The molecule has 12 nitrogen and oxygen atoms in total. The van der Waals surface area contributed by atoms with E-state index in [4.69, 9.17) is 33.2 Å². The summed E-state index contributed by atoms with van der Waals surface area (Å²) >= 11 is 0. The Labute approximate surface area is 301 Å². The van der Waals surface area contributed by atoms with E-state index >= 15 is 0 Å². The Morgan fingerprint density at radius 3 is 1.60 bits per heavy atom. The maximum atomic E-state index is 12.7. The molecule has 0 aliphatic heterocycles. The number of hydrogen-bond acceptors (Lipinski definition) is 12. The Hall–Kier alpha value is -6.14. The van der Waals surface area contributed by atoms with Crippen molar-refractivity contribution in [2.24, 2.45) is 5.92 Å². The normalized spacial score (nSPS) is 11.2. The van der Waals surface area contributed by atoms with Crippen molar-refractivity contribution < 1.29 is 57.4 Å². The molecule has 4 aromatic rings. The molecule has 4 aromatic carbocycles. The van der Waals surface area contributed by atoms with Crippen molar-refractivity contribution in [1.82, 2.24) is 0 Å². The lowest BCUT2D eigenvalue weighted by molar-refractivity contribution is -0.148. The highest BCUT2D eigenvalue weighted by Gasteiger charge is 2.14. The summed E-state index contributed by atoms with van der Waals surface area (Å²) in [5, 5.41) is 10.5. The van der Waals surface area contributed by atoms with E-state index in [-0.39, 0.29) is 42.2 Å². The minimum absolute atomic E-state index is 0.119. The predicted octanol–water partition coefficient (Wildman–Crippen LogP) is 6.66. The summed E-state index contributed by atoms with van der Waals surface area (Å²) in [5.74, 6) is -0.224. The first-order valence-electron chi connectivity index (χ1n) is 16.5. The summed E-state index contributed by atoms with van der Waals surface area (Å²) in [7, 11) is 0. The Kier molecular flexibility index (Phi) is 14.8. The Bertz CT molecular complexity index is 1760. The molecule has 0 bridgehead atoms. The lowest BCUT2D eigenvalue weighted by Gasteiger charge is -2.15. The van der Waals surface area contributed by atoms with Gasteiger partial charge in [-0.3, -0.25) is 4.79 Å². The lowest BCUT2D eigenvalue weighted by Crippen LogP contribution is -2.16. The SMILES string of the molecule is C=CC(=O)OCCCCOc1ccc(C(O)Oc2ccc(OC(=O)c3ccc(OC(=O)c4ccc(OCCOC(=O)C(C)C)cc4)cc3)cc2)cc1. The summed E-state index contributed by atoms with van der Waals surface area (Å²) < 4.78 is 37.7. The van der Waals surface area contributed by atoms with Gasteiger partial charge in [0.1, 0.15) is 42.0 Å². The summed E-state index contributed by atoms with van der Waals surface area (Å²) in [6.07, 6.45) is 1.23. The number of rotatable bonds is 19. The van der Waals surface area contributed by atoms with Crippen LogP contribution in [0.4, 0.5) is 0 Å². The number of aliphatic hydroxyl groups excluding tert-OH is 1. The molecule has 272 valence electrons. The second kappa shape index (κ2) is 19.9. The third kappa shape index (κ3) is 12.6. The first-order valence-corrected chi connectivity index (χ1v) is 16.5. The van der Waals surface area contributed by atoms with E-state index in [1.54, 1.807) is 74.5 Å². The average molecular weight is 713 g/mol. The second-order valence-corrected chi connectivity index (χ2v) is 11.4. The van der Waals surface area contributed by atoms with E-state index in [2.05, 4.69) is 6.58 Å². The molecule has 0 aliphatic carbocycles. The zero-order valence-electron chi connectivity index (χ0n) is 28.9. The standard InChI is InChI=1S/C40H40O12/c1-4-36(41)48-24-6-5-23-46-31-13-7-28(8-14-31)39(44)51-34-19-21-35(22-20-34)52-40(45)30-11-17-33(18-12-30)50-38(43)29-9-15-32(16-10-29)47-25-26-49-37(42)27(2)3/h4,7-22,27,39,44H,1,5-6,23-26H2,2-3H3. The van der Waals surface area contributed by atoms with Gasteiger partial charge in [0.25, 0.3) is 0 Å². The van der Waals surface area contributed by atoms with Crippen LogP contribution in [0.3, 0.4) is 0 Å². The van der Waals surface area contributed by atoms with Gasteiger partial charge in [-0.25, -0.2) is 14.4 Å². The van der Waals surface area contributed by atoms with E-state index < -0.39 is 24.2 Å². The van der Waals surface area contributed by atoms with Gasteiger partial charge in [0.15, 0.2) is 0 Å². The van der Waals surface area contributed by atoms with Crippen LogP contribution in [0.15, 0.2) is 110 Å². The zero-order valence-corrected chi connectivity index (χ0v) is 28.9. The molecule has 0 saturated heterocycles. The molecule has 12 heteroatoms. The highest BCUT2D eigenvalue weighted by molar-refractivity contribution is 5.92. The third-order valence-electron chi connectivity index (χ3n) is 7.12. The molecule has 52 heavy (non-hydrogen) atoms. The fourth-order valence-corrected chi connectivity index (χ4v) is 4.28. The molecule has 0 saturated carbocycles. The number of hydrogen-bond donors (Lipinski definition) is 1. The van der Waals surface area contributed by atoms with Gasteiger partial charge in [0, 0.05) is 11.6 Å². The zero-order chi connectivity index (χ0) is 37.3. The molecule has 1 unspecified atom stereocenters. The van der Waals surface area contributed by atoms with Gasteiger partial charge in [-0.15, -0.1) is 0 Å². The van der Waals surface area contributed by atoms with Crippen molar-refractivity contribution in [3.63, 3.8) is 0 Å². The van der Waals surface area contributed by atoms with Gasteiger partial charge < -0.3 is 38.3 Å². The van der Waals surface area contributed by atoms with Crippen LogP contribution in [-0.2, 0) is 19.1 Å². The number of aliphatic hydroxyl groups is 1. The monoisotopic (exact) mass is 712 g/mol. The van der Waals surface area contributed by atoms with Crippen LogP contribution in [0.1, 0.15) is 59.3 Å². The number of ether oxygens (including phenoxy) is 7. The van der Waals surface area contributed by atoms with E-state index in [1.807, 2.05) is 0 Å². The molecule has 0 spiro atoms. The van der Waals surface area contributed by atoms with Crippen molar-refractivity contribution in [3.05, 3.63) is 126 Å². The number of benzene rings is 4. The fourth-order valence-electron chi connectivity index (χ4n) is 4.28. The molecule has 0 heterocycles. The topological polar surface area (TPSA) is 153 Å². The first kappa shape index (κ1) is 38.7. The predicted molar refractivity (Wildman–Crippen MR) is 188 cm³/mol.